The highest BCUT2D eigenvalue weighted by atomic mass is 16.2. The van der Waals surface area contributed by atoms with Gasteiger partial charge in [0.15, 0.2) is 0 Å². The molecule has 0 aromatic rings. The van der Waals surface area contributed by atoms with Crippen LogP contribution in [0.25, 0.3) is 0 Å². The number of nitrogens with one attached hydrogen (secondary N) is 1. The topological polar surface area (TPSA) is 32.3 Å². The maximum atomic E-state index is 12.2. The van der Waals surface area contributed by atoms with Gasteiger partial charge in [0.2, 0.25) is 5.91 Å². The first kappa shape index (κ1) is 10.9. The van der Waals surface area contributed by atoms with Crippen molar-refractivity contribution in [3.63, 3.8) is 0 Å². The molecule has 3 nitrogen and oxygen atoms in total. The third kappa shape index (κ3) is 2.33. The molecule has 1 N–H and O–H groups in total. The number of carbonyl (C=O) groups is 1. The van der Waals surface area contributed by atoms with Crippen LogP contribution in [0.4, 0.5) is 0 Å². The predicted octanol–water partition coefficient (Wildman–Crippen LogP) is 1.24. The average Bonchev–Trinajstić information content (AvgIpc) is 2.65. The minimum absolute atomic E-state index is 0.0871. The first-order valence-corrected chi connectivity index (χ1v) is 6.20. The second-order valence-corrected chi connectivity index (χ2v) is 5.23. The fourth-order valence-corrected chi connectivity index (χ4v) is 2.71. The molecule has 0 saturated carbocycles. The molecular weight excluding hydrogens is 188 g/mol. The molecule has 2 aliphatic heterocycles. The van der Waals surface area contributed by atoms with Gasteiger partial charge >= 0.3 is 0 Å². The number of amides is 1. The van der Waals surface area contributed by atoms with Crippen molar-refractivity contribution in [2.24, 2.45) is 11.8 Å². The monoisotopic (exact) mass is 210 g/mol. The first-order chi connectivity index (χ1) is 7.18. The van der Waals surface area contributed by atoms with Crippen molar-refractivity contribution in [2.45, 2.75) is 39.2 Å². The summed E-state index contributed by atoms with van der Waals surface area (Å²) in [6.45, 7) is 7.35. The summed E-state index contributed by atoms with van der Waals surface area (Å²) in [6, 6.07) is 0.0871. The maximum absolute atomic E-state index is 12.2. The molecule has 0 aromatic heterocycles. The van der Waals surface area contributed by atoms with Gasteiger partial charge in [0.05, 0.1) is 6.04 Å². The van der Waals surface area contributed by atoms with E-state index in [2.05, 4.69) is 19.2 Å². The minimum Gasteiger partial charge on any atom is -0.341 e. The third-order valence-corrected chi connectivity index (χ3v) is 3.77. The van der Waals surface area contributed by atoms with E-state index in [1.807, 2.05) is 4.90 Å². The molecule has 1 amide bonds. The highest BCUT2D eigenvalue weighted by Gasteiger charge is 2.33. The number of piperidine rings is 1. The summed E-state index contributed by atoms with van der Waals surface area (Å²) in [6.07, 6.45) is 3.57. The number of rotatable bonds is 1. The number of hydrogen-bond acceptors (Lipinski definition) is 2. The lowest BCUT2D eigenvalue weighted by atomic mass is 9.92. The average molecular weight is 210 g/mol. The Balaban J connectivity index is 1.94. The van der Waals surface area contributed by atoms with Crippen LogP contribution in [0.5, 0.6) is 0 Å². The fourth-order valence-electron chi connectivity index (χ4n) is 2.71. The van der Waals surface area contributed by atoms with Gasteiger partial charge in [-0.05, 0) is 37.6 Å². The molecule has 2 aliphatic rings. The van der Waals surface area contributed by atoms with Gasteiger partial charge in [-0.3, -0.25) is 4.79 Å². The van der Waals surface area contributed by atoms with E-state index >= 15 is 0 Å². The maximum Gasteiger partial charge on any atom is 0.239 e. The molecule has 0 aromatic carbocycles. The van der Waals surface area contributed by atoms with E-state index in [4.69, 9.17) is 0 Å². The third-order valence-electron chi connectivity index (χ3n) is 3.77. The Morgan fingerprint density at radius 2 is 2.13 bits per heavy atom. The fraction of sp³-hybridized carbons (Fsp3) is 0.917. The number of likely N-dealkylation sites (tertiary alicyclic amines) is 1. The Labute approximate surface area is 92.2 Å². The molecule has 0 spiro atoms. The van der Waals surface area contributed by atoms with Gasteiger partial charge in [-0.25, -0.2) is 0 Å². The highest BCUT2D eigenvalue weighted by molar-refractivity contribution is 5.82. The summed E-state index contributed by atoms with van der Waals surface area (Å²) in [5.74, 6) is 1.53. The predicted molar refractivity (Wildman–Crippen MR) is 60.5 cm³/mol. The lowest BCUT2D eigenvalue weighted by molar-refractivity contribution is -0.134. The summed E-state index contributed by atoms with van der Waals surface area (Å²) in [5.41, 5.74) is 0. The Morgan fingerprint density at radius 1 is 1.33 bits per heavy atom. The highest BCUT2D eigenvalue weighted by Crippen LogP contribution is 2.21. The normalized spacial score (nSPS) is 36.9. The van der Waals surface area contributed by atoms with E-state index in [-0.39, 0.29) is 6.04 Å². The van der Waals surface area contributed by atoms with Crippen molar-refractivity contribution in [2.75, 3.05) is 19.6 Å². The lowest BCUT2D eigenvalue weighted by Gasteiger charge is -2.32. The zero-order chi connectivity index (χ0) is 10.8. The van der Waals surface area contributed by atoms with Crippen LogP contribution in [0.3, 0.4) is 0 Å². The van der Waals surface area contributed by atoms with E-state index in [1.54, 1.807) is 0 Å². The van der Waals surface area contributed by atoms with Gasteiger partial charge < -0.3 is 10.2 Å². The molecular formula is C12H22N2O. The van der Waals surface area contributed by atoms with Crippen LogP contribution < -0.4 is 5.32 Å². The largest absolute Gasteiger partial charge is 0.341 e. The number of hydrogen-bond donors (Lipinski definition) is 1. The molecule has 3 unspecified atom stereocenters. The van der Waals surface area contributed by atoms with Crippen molar-refractivity contribution in [3.05, 3.63) is 0 Å². The van der Waals surface area contributed by atoms with Gasteiger partial charge in [0.25, 0.3) is 0 Å². The second kappa shape index (κ2) is 4.52. The summed E-state index contributed by atoms with van der Waals surface area (Å²) in [7, 11) is 0. The SMILES string of the molecule is CC1CCN(C(=O)C2NCCCC2C)C1. The molecule has 2 fully saturated rings. The van der Waals surface area contributed by atoms with Gasteiger partial charge in [0.1, 0.15) is 0 Å². The molecule has 2 rings (SSSR count). The second-order valence-electron chi connectivity index (χ2n) is 5.23. The van der Waals surface area contributed by atoms with Crippen LogP contribution in [0.1, 0.15) is 33.1 Å². The van der Waals surface area contributed by atoms with E-state index < -0.39 is 0 Å². The van der Waals surface area contributed by atoms with Crippen LogP contribution >= 0.6 is 0 Å². The van der Waals surface area contributed by atoms with E-state index in [0.717, 1.165) is 19.6 Å². The zero-order valence-corrected chi connectivity index (χ0v) is 9.83. The van der Waals surface area contributed by atoms with Crippen molar-refractivity contribution in [1.82, 2.24) is 10.2 Å². The summed E-state index contributed by atoms with van der Waals surface area (Å²) in [4.78, 5) is 14.3. The Kier molecular flexibility index (Phi) is 3.29. The Hall–Kier alpha value is -0.570. The van der Waals surface area contributed by atoms with E-state index in [9.17, 15) is 4.79 Å². The van der Waals surface area contributed by atoms with Crippen molar-refractivity contribution < 1.29 is 4.79 Å². The first-order valence-electron chi connectivity index (χ1n) is 6.20. The molecule has 0 radical (unpaired) electrons. The molecule has 2 saturated heterocycles. The molecule has 0 aliphatic carbocycles. The molecule has 86 valence electrons. The van der Waals surface area contributed by atoms with Crippen LogP contribution in [0.2, 0.25) is 0 Å². The van der Waals surface area contributed by atoms with Crippen LogP contribution in [-0.4, -0.2) is 36.5 Å². The lowest BCUT2D eigenvalue weighted by Crippen LogP contribution is -2.51. The molecule has 0 bridgehead atoms. The van der Waals surface area contributed by atoms with Gasteiger partial charge in [-0.15, -0.1) is 0 Å². The van der Waals surface area contributed by atoms with Gasteiger partial charge in [-0.1, -0.05) is 13.8 Å². The minimum atomic E-state index is 0.0871. The van der Waals surface area contributed by atoms with Crippen molar-refractivity contribution in [3.8, 4) is 0 Å². The summed E-state index contributed by atoms with van der Waals surface area (Å²) in [5, 5.41) is 3.37. The van der Waals surface area contributed by atoms with Crippen LogP contribution in [0.15, 0.2) is 0 Å². The number of nitrogens with zero attached hydrogens (tertiary/aromatic N) is 1. The van der Waals surface area contributed by atoms with Crippen LogP contribution in [-0.2, 0) is 4.79 Å². The van der Waals surface area contributed by atoms with Gasteiger partial charge in [0, 0.05) is 13.1 Å². The molecule has 15 heavy (non-hydrogen) atoms. The van der Waals surface area contributed by atoms with Gasteiger partial charge in [-0.2, -0.15) is 0 Å². The van der Waals surface area contributed by atoms with E-state index in [1.165, 1.54) is 19.3 Å². The van der Waals surface area contributed by atoms with Crippen molar-refractivity contribution >= 4 is 5.91 Å². The number of carbonyl (C=O) groups excluding carboxylic acids is 1. The quantitative estimate of drug-likeness (QED) is 0.706. The molecule has 3 atom stereocenters. The van der Waals surface area contributed by atoms with Crippen molar-refractivity contribution in [1.29, 1.82) is 0 Å². The summed E-state index contributed by atoms with van der Waals surface area (Å²) < 4.78 is 0. The zero-order valence-electron chi connectivity index (χ0n) is 9.83. The molecule has 3 heteroatoms. The summed E-state index contributed by atoms with van der Waals surface area (Å²) >= 11 is 0. The smallest absolute Gasteiger partial charge is 0.239 e. The van der Waals surface area contributed by atoms with E-state index in [0.29, 0.717) is 17.7 Å². The Bertz CT molecular complexity index is 242. The molecule has 2 heterocycles. The Morgan fingerprint density at radius 3 is 2.73 bits per heavy atom. The van der Waals surface area contributed by atoms with Crippen LogP contribution in [0, 0.1) is 11.8 Å². The standard InChI is InChI=1S/C12H22N2O/c1-9-5-7-14(8-9)12(15)11-10(2)4-3-6-13-11/h9-11,13H,3-8H2,1-2H3.